The normalized spacial score (nSPS) is 17.8. The zero-order valence-electron chi connectivity index (χ0n) is 16.2. The van der Waals surface area contributed by atoms with Gasteiger partial charge in [-0.3, -0.25) is 9.69 Å². The monoisotopic (exact) mass is 396 g/mol. The van der Waals surface area contributed by atoms with Crippen LogP contribution < -0.4 is 16.0 Å². The topological polar surface area (TPSA) is 65.6 Å². The van der Waals surface area contributed by atoms with Gasteiger partial charge in [0.15, 0.2) is 0 Å². The molecule has 6 nitrogen and oxygen atoms in total. The molecule has 2 heterocycles. The van der Waals surface area contributed by atoms with Crippen molar-refractivity contribution in [1.29, 1.82) is 0 Å². The van der Waals surface area contributed by atoms with Crippen LogP contribution in [0.2, 0.25) is 0 Å². The van der Waals surface area contributed by atoms with Crippen LogP contribution in [0.4, 0.5) is 21.5 Å². The molecule has 0 atom stereocenters. The van der Waals surface area contributed by atoms with E-state index >= 15 is 0 Å². The van der Waals surface area contributed by atoms with Gasteiger partial charge in [-0.1, -0.05) is 0 Å². The Hall–Kier alpha value is -2.90. The van der Waals surface area contributed by atoms with E-state index in [1.807, 2.05) is 24.3 Å². The minimum atomic E-state index is -0.369. The SMILES string of the molecule is O=C1Nc2cc(F)ccc2/C1=C/Nc1ccc(NCCCN2CCOCC2)cc1. The summed E-state index contributed by atoms with van der Waals surface area (Å²) in [6, 6.07) is 12.2. The summed E-state index contributed by atoms with van der Waals surface area (Å²) in [5, 5.41) is 9.26. The fourth-order valence-corrected chi connectivity index (χ4v) is 3.51. The van der Waals surface area contributed by atoms with Crippen molar-refractivity contribution < 1.29 is 13.9 Å². The molecule has 0 saturated carbocycles. The fraction of sp³-hybridized carbons (Fsp3) is 0.318. The van der Waals surface area contributed by atoms with Gasteiger partial charge in [0, 0.05) is 42.8 Å². The summed E-state index contributed by atoms with van der Waals surface area (Å²) in [5.41, 5.74) is 3.62. The molecule has 2 aromatic carbocycles. The summed E-state index contributed by atoms with van der Waals surface area (Å²) in [6.07, 6.45) is 2.74. The van der Waals surface area contributed by atoms with E-state index in [1.165, 1.54) is 12.1 Å². The summed E-state index contributed by atoms with van der Waals surface area (Å²) < 4.78 is 18.7. The van der Waals surface area contributed by atoms with Crippen LogP contribution >= 0.6 is 0 Å². The summed E-state index contributed by atoms with van der Waals surface area (Å²) in [7, 11) is 0. The van der Waals surface area contributed by atoms with Gasteiger partial charge in [-0.25, -0.2) is 4.39 Å². The quantitative estimate of drug-likeness (QED) is 0.495. The number of nitrogens with one attached hydrogen (secondary N) is 3. The van der Waals surface area contributed by atoms with Crippen LogP contribution in [-0.2, 0) is 9.53 Å². The molecule has 0 spiro atoms. The molecule has 4 rings (SSSR count). The summed E-state index contributed by atoms with van der Waals surface area (Å²) in [5.74, 6) is -0.608. The summed E-state index contributed by atoms with van der Waals surface area (Å²) in [6.45, 7) is 5.71. The first-order valence-corrected chi connectivity index (χ1v) is 9.91. The Balaban J connectivity index is 1.27. The van der Waals surface area contributed by atoms with Gasteiger partial charge in [0.25, 0.3) is 5.91 Å². The van der Waals surface area contributed by atoms with Gasteiger partial charge in [0.05, 0.1) is 24.5 Å². The third-order valence-electron chi connectivity index (χ3n) is 5.12. The molecule has 0 radical (unpaired) electrons. The second-order valence-corrected chi connectivity index (χ2v) is 7.16. The number of carbonyl (C=O) groups is 1. The molecule has 0 aliphatic carbocycles. The van der Waals surface area contributed by atoms with Crippen LogP contribution in [0.15, 0.2) is 48.7 Å². The van der Waals surface area contributed by atoms with Crippen LogP contribution in [0.5, 0.6) is 0 Å². The van der Waals surface area contributed by atoms with Gasteiger partial charge in [-0.05, 0) is 55.4 Å². The molecule has 2 aliphatic heterocycles. The number of amides is 1. The lowest BCUT2D eigenvalue weighted by Crippen LogP contribution is -2.37. The largest absolute Gasteiger partial charge is 0.385 e. The first-order valence-electron chi connectivity index (χ1n) is 9.91. The van der Waals surface area contributed by atoms with Gasteiger partial charge in [-0.2, -0.15) is 0 Å². The van der Waals surface area contributed by atoms with E-state index < -0.39 is 0 Å². The van der Waals surface area contributed by atoms with Gasteiger partial charge >= 0.3 is 0 Å². The minimum absolute atomic E-state index is 0.239. The number of morpholine rings is 1. The predicted molar refractivity (Wildman–Crippen MR) is 113 cm³/mol. The Morgan fingerprint density at radius 2 is 1.86 bits per heavy atom. The van der Waals surface area contributed by atoms with Crippen LogP contribution in [0.1, 0.15) is 12.0 Å². The number of benzene rings is 2. The van der Waals surface area contributed by atoms with Crippen molar-refractivity contribution >= 4 is 28.5 Å². The van der Waals surface area contributed by atoms with Crippen molar-refractivity contribution in [2.75, 3.05) is 55.3 Å². The van der Waals surface area contributed by atoms with E-state index in [4.69, 9.17) is 4.74 Å². The van der Waals surface area contributed by atoms with E-state index in [0.29, 0.717) is 16.8 Å². The van der Waals surface area contributed by atoms with Crippen molar-refractivity contribution in [3.05, 3.63) is 60.0 Å². The molecule has 3 N–H and O–H groups in total. The maximum Gasteiger partial charge on any atom is 0.257 e. The lowest BCUT2D eigenvalue weighted by Gasteiger charge is -2.26. The molecule has 0 unspecified atom stereocenters. The fourth-order valence-electron chi connectivity index (χ4n) is 3.51. The van der Waals surface area contributed by atoms with Crippen molar-refractivity contribution in [2.45, 2.75) is 6.42 Å². The molecule has 1 saturated heterocycles. The molecule has 29 heavy (non-hydrogen) atoms. The molecular formula is C22H25FN4O2. The highest BCUT2D eigenvalue weighted by Crippen LogP contribution is 2.32. The highest BCUT2D eigenvalue weighted by Gasteiger charge is 2.24. The molecule has 1 amide bonds. The van der Waals surface area contributed by atoms with E-state index in [2.05, 4.69) is 20.9 Å². The van der Waals surface area contributed by atoms with Gasteiger partial charge < -0.3 is 20.7 Å². The maximum atomic E-state index is 13.3. The van der Waals surface area contributed by atoms with Crippen LogP contribution in [0.3, 0.4) is 0 Å². The average molecular weight is 396 g/mol. The molecule has 2 aliphatic rings. The third-order valence-corrected chi connectivity index (χ3v) is 5.12. The zero-order chi connectivity index (χ0) is 20.1. The Morgan fingerprint density at radius 1 is 1.10 bits per heavy atom. The second kappa shape index (κ2) is 9.07. The number of halogens is 1. The Labute approximate surface area is 169 Å². The number of carbonyl (C=O) groups excluding carboxylic acids is 1. The number of rotatable bonds is 7. The lowest BCUT2D eigenvalue weighted by molar-refractivity contribution is -0.110. The summed E-state index contributed by atoms with van der Waals surface area (Å²) >= 11 is 0. The van der Waals surface area contributed by atoms with Gasteiger partial charge in [0.2, 0.25) is 0 Å². The molecule has 2 aromatic rings. The first kappa shape index (κ1) is 19.4. The lowest BCUT2D eigenvalue weighted by atomic mass is 10.1. The van der Waals surface area contributed by atoms with E-state index in [0.717, 1.165) is 57.2 Å². The highest BCUT2D eigenvalue weighted by atomic mass is 19.1. The number of hydrogen-bond acceptors (Lipinski definition) is 5. The van der Waals surface area contributed by atoms with E-state index in [-0.39, 0.29) is 11.7 Å². The Morgan fingerprint density at radius 3 is 2.66 bits per heavy atom. The number of anilines is 3. The van der Waals surface area contributed by atoms with Gasteiger partial charge in [-0.15, -0.1) is 0 Å². The smallest absolute Gasteiger partial charge is 0.257 e. The van der Waals surface area contributed by atoms with Gasteiger partial charge in [0.1, 0.15) is 5.82 Å². The second-order valence-electron chi connectivity index (χ2n) is 7.16. The molecule has 7 heteroatoms. The van der Waals surface area contributed by atoms with Crippen molar-refractivity contribution in [1.82, 2.24) is 4.90 Å². The Bertz CT molecular complexity index is 892. The Kier molecular flexibility index (Phi) is 6.07. The van der Waals surface area contributed by atoms with Crippen molar-refractivity contribution in [2.24, 2.45) is 0 Å². The van der Waals surface area contributed by atoms with Crippen LogP contribution in [0.25, 0.3) is 5.57 Å². The average Bonchev–Trinajstić information content (AvgIpc) is 3.05. The summed E-state index contributed by atoms with van der Waals surface area (Å²) in [4.78, 5) is 14.5. The molecule has 152 valence electrons. The highest BCUT2D eigenvalue weighted by molar-refractivity contribution is 6.31. The van der Waals surface area contributed by atoms with Crippen LogP contribution in [-0.4, -0.2) is 50.2 Å². The maximum absolute atomic E-state index is 13.3. The van der Waals surface area contributed by atoms with Crippen molar-refractivity contribution in [3.63, 3.8) is 0 Å². The van der Waals surface area contributed by atoms with Crippen LogP contribution in [0, 0.1) is 5.82 Å². The first-order chi connectivity index (χ1) is 14.2. The number of ether oxygens (including phenoxy) is 1. The minimum Gasteiger partial charge on any atom is -0.385 e. The molecule has 0 aromatic heterocycles. The number of hydrogen-bond donors (Lipinski definition) is 3. The molecule has 0 bridgehead atoms. The standard InChI is InChI=1S/C22H25FN4O2/c23-16-2-7-19-20(22(28)26-21(19)14-16)15-25-18-5-3-17(4-6-18)24-8-1-9-27-10-12-29-13-11-27/h2-7,14-15,24-25H,1,8-13H2,(H,26,28)/b20-15-. The number of fused-ring (bicyclic) bond motifs is 1. The zero-order valence-corrected chi connectivity index (χ0v) is 16.2. The molecular weight excluding hydrogens is 371 g/mol. The van der Waals surface area contributed by atoms with E-state index in [9.17, 15) is 9.18 Å². The molecule has 1 fully saturated rings. The van der Waals surface area contributed by atoms with E-state index in [1.54, 1.807) is 12.3 Å². The number of nitrogens with zero attached hydrogens (tertiary/aromatic N) is 1. The predicted octanol–water partition coefficient (Wildman–Crippen LogP) is 3.37. The third kappa shape index (κ3) is 4.93. The van der Waals surface area contributed by atoms with Crippen molar-refractivity contribution in [3.8, 4) is 0 Å².